The predicted molar refractivity (Wildman–Crippen MR) is 102 cm³/mol. The standard InChI is InChI=1S/C23H20FNO2/c1-27-20-11-9-17(10-12-20)22-21-8-3-2-5-16(21)13-14-25(22)23(26)18-6-4-7-19(24)15-18/h2-12,15,22H,13-14H2,1H3. The van der Waals surface area contributed by atoms with E-state index >= 15 is 0 Å². The van der Waals surface area contributed by atoms with Crippen LogP contribution in [-0.2, 0) is 6.42 Å². The lowest BCUT2D eigenvalue weighted by Crippen LogP contribution is -2.40. The summed E-state index contributed by atoms with van der Waals surface area (Å²) in [4.78, 5) is 15.0. The number of methoxy groups -OCH3 is 1. The van der Waals surface area contributed by atoms with E-state index in [1.165, 1.54) is 17.7 Å². The number of amides is 1. The lowest BCUT2D eigenvalue weighted by Gasteiger charge is -2.38. The van der Waals surface area contributed by atoms with Gasteiger partial charge in [-0.15, -0.1) is 0 Å². The van der Waals surface area contributed by atoms with Gasteiger partial charge in [0.15, 0.2) is 0 Å². The molecule has 0 bridgehead atoms. The second-order valence-corrected chi connectivity index (χ2v) is 6.63. The number of hydrogen-bond acceptors (Lipinski definition) is 2. The van der Waals surface area contributed by atoms with Crippen LogP contribution in [0.15, 0.2) is 72.8 Å². The van der Waals surface area contributed by atoms with Crippen molar-refractivity contribution in [3.05, 3.63) is 101 Å². The smallest absolute Gasteiger partial charge is 0.254 e. The molecule has 0 N–H and O–H groups in total. The number of hydrogen-bond donors (Lipinski definition) is 0. The fourth-order valence-corrected chi connectivity index (χ4v) is 3.72. The zero-order chi connectivity index (χ0) is 18.8. The number of ether oxygens (including phenoxy) is 1. The summed E-state index contributed by atoms with van der Waals surface area (Å²) in [5.74, 6) is 0.204. The SMILES string of the molecule is COc1ccc(C2c3ccccc3CCN2C(=O)c2cccc(F)c2)cc1. The maximum atomic E-state index is 13.7. The molecule has 0 fully saturated rings. The summed E-state index contributed by atoms with van der Waals surface area (Å²) < 4.78 is 18.9. The minimum atomic E-state index is -0.403. The number of rotatable bonds is 3. The molecule has 4 rings (SSSR count). The Labute approximate surface area is 158 Å². The van der Waals surface area contributed by atoms with Gasteiger partial charge in [-0.3, -0.25) is 4.79 Å². The van der Waals surface area contributed by atoms with Crippen LogP contribution in [0.25, 0.3) is 0 Å². The first kappa shape index (κ1) is 17.3. The largest absolute Gasteiger partial charge is 0.497 e. The Morgan fingerprint density at radius 1 is 1.04 bits per heavy atom. The van der Waals surface area contributed by atoms with Gasteiger partial charge < -0.3 is 9.64 Å². The quantitative estimate of drug-likeness (QED) is 0.681. The lowest BCUT2D eigenvalue weighted by atomic mass is 9.87. The molecule has 0 radical (unpaired) electrons. The summed E-state index contributed by atoms with van der Waals surface area (Å²) in [5, 5.41) is 0. The summed E-state index contributed by atoms with van der Waals surface area (Å²) in [6.07, 6.45) is 0.782. The van der Waals surface area contributed by atoms with Crippen molar-refractivity contribution in [2.24, 2.45) is 0 Å². The van der Waals surface area contributed by atoms with Crippen LogP contribution in [0.4, 0.5) is 4.39 Å². The van der Waals surface area contributed by atoms with Gasteiger partial charge in [-0.05, 0) is 53.4 Å². The third-order valence-corrected chi connectivity index (χ3v) is 5.05. The van der Waals surface area contributed by atoms with E-state index in [9.17, 15) is 9.18 Å². The van der Waals surface area contributed by atoms with Crippen LogP contribution in [0.2, 0.25) is 0 Å². The van der Waals surface area contributed by atoms with Crippen molar-refractivity contribution in [2.45, 2.75) is 12.5 Å². The Bertz CT molecular complexity index is 968. The average molecular weight is 361 g/mol. The van der Waals surface area contributed by atoms with E-state index in [2.05, 4.69) is 12.1 Å². The summed E-state index contributed by atoms with van der Waals surface area (Å²) >= 11 is 0. The second kappa shape index (κ2) is 7.23. The number of carbonyl (C=O) groups excluding carboxylic acids is 1. The summed E-state index contributed by atoms with van der Waals surface area (Å²) in [6, 6.07) is 21.6. The van der Waals surface area contributed by atoms with Gasteiger partial charge in [-0.1, -0.05) is 42.5 Å². The van der Waals surface area contributed by atoms with Crippen molar-refractivity contribution in [3.63, 3.8) is 0 Å². The molecule has 1 aliphatic rings. The number of halogens is 1. The Hall–Kier alpha value is -3.14. The Morgan fingerprint density at radius 2 is 1.81 bits per heavy atom. The van der Waals surface area contributed by atoms with Crippen molar-refractivity contribution in [1.29, 1.82) is 0 Å². The van der Waals surface area contributed by atoms with Gasteiger partial charge in [0.2, 0.25) is 0 Å². The summed E-state index contributed by atoms with van der Waals surface area (Å²) in [6.45, 7) is 0.586. The van der Waals surface area contributed by atoms with Crippen LogP contribution >= 0.6 is 0 Å². The first-order valence-electron chi connectivity index (χ1n) is 8.95. The van der Waals surface area contributed by atoms with Gasteiger partial charge in [0.25, 0.3) is 5.91 Å². The van der Waals surface area contributed by atoms with Gasteiger partial charge in [-0.25, -0.2) is 4.39 Å². The molecule has 0 spiro atoms. The van der Waals surface area contributed by atoms with Crippen LogP contribution in [0.3, 0.4) is 0 Å². The maximum Gasteiger partial charge on any atom is 0.254 e. The molecule has 0 saturated heterocycles. The third-order valence-electron chi connectivity index (χ3n) is 5.05. The van der Waals surface area contributed by atoms with Crippen molar-refractivity contribution in [3.8, 4) is 5.75 Å². The van der Waals surface area contributed by atoms with Gasteiger partial charge in [0.1, 0.15) is 11.6 Å². The number of nitrogens with zero attached hydrogens (tertiary/aromatic N) is 1. The molecule has 1 aliphatic heterocycles. The molecule has 1 heterocycles. The van der Waals surface area contributed by atoms with Crippen molar-refractivity contribution in [2.75, 3.05) is 13.7 Å². The third kappa shape index (κ3) is 3.31. The Balaban J connectivity index is 1.78. The van der Waals surface area contributed by atoms with E-state index in [-0.39, 0.29) is 11.9 Å². The minimum Gasteiger partial charge on any atom is -0.497 e. The lowest BCUT2D eigenvalue weighted by molar-refractivity contribution is 0.0694. The molecule has 0 aromatic heterocycles. The Kier molecular flexibility index (Phi) is 4.63. The fourth-order valence-electron chi connectivity index (χ4n) is 3.72. The highest BCUT2D eigenvalue weighted by Gasteiger charge is 2.32. The molecule has 1 amide bonds. The van der Waals surface area contributed by atoms with Crippen molar-refractivity contribution >= 4 is 5.91 Å². The predicted octanol–water partition coefficient (Wildman–Crippen LogP) is 4.62. The second-order valence-electron chi connectivity index (χ2n) is 6.63. The molecule has 3 aromatic rings. The van der Waals surface area contributed by atoms with Crippen LogP contribution in [0, 0.1) is 5.82 Å². The zero-order valence-corrected chi connectivity index (χ0v) is 15.1. The molecule has 1 unspecified atom stereocenters. The van der Waals surface area contributed by atoms with E-state index < -0.39 is 5.82 Å². The monoisotopic (exact) mass is 361 g/mol. The Morgan fingerprint density at radius 3 is 2.56 bits per heavy atom. The van der Waals surface area contributed by atoms with Crippen molar-refractivity contribution < 1.29 is 13.9 Å². The van der Waals surface area contributed by atoms with E-state index in [4.69, 9.17) is 4.74 Å². The van der Waals surface area contributed by atoms with E-state index in [1.807, 2.05) is 41.3 Å². The van der Waals surface area contributed by atoms with Gasteiger partial charge in [0, 0.05) is 12.1 Å². The molecule has 4 heteroatoms. The highest BCUT2D eigenvalue weighted by atomic mass is 19.1. The minimum absolute atomic E-state index is 0.162. The number of carbonyl (C=O) groups is 1. The topological polar surface area (TPSA) is 29.5 Å². The van der Waals surface area contributed by atoms with Crippen LogP contribution in [0.5, 0.6) is 5.75 Å². The molecule has 136 valence electrons. The van der Waals surface area contributed by atoms with E-state index in [1.54, 1.807) is 19.2 Å². The zero-order valence-electron chi connectivity index (χ0n) is 15.1. The highest BCUT2D eigenvalue weighted by molar-refractivity contribution is 5.95. The van der Waals surface area contributed by atoms with Gasteiger partial charge >= 0.3 is 0 Å². The molecule has 3 nitrogen and oxygen atoms in total. The van der Waals surface area contributed by atoms with E-state index in [0.29, 0.717) is 12.1 Å². The molecule has 27 heavy (non-hydrogen) atoms. The van der Waals surface area contributed by atoms with Crippen LogP contribution in [0.1, 0.15) is 33.1 Å². The number of benzene rings is 3. The molecule has 0 aliphatic carbocycles. The van der Waals surface area contributed by atoms with Crippen LogP contribution < -0.4 is 4.74 Å². The first-order valence-corrected chi connectivity index (χ1v) is 8.95. The maximum absolute atomic E-state index is 13.7. The van der Waals surface area contributed by atoms with E-state index in [0.717, 1.165) is 23.3 Å². The molecule has 1 atom stereocenters. The molecular weight excluding hydrogens is 341 g/mol. The molecule has 0 saturated carbocycles. The van der Waals surface area contributed by atoms with Gasteiger partial charge in [0.05, 0.1) is 13.2 Å². The van der Waals surface area contributed by atoms with Gasteiger partial charge in [-0.2, -0.15) is 0 Å². The molecule has 3 aromatic carbocycles. The average Bonchev–Trinajstić information content (AvgIpc) is 2.72. The first-order chi connectivity index (χ1) is 13.2. The summed E-state index contributed by atoms with van der Waals surface area (Å²) in [5.41, 5.74) is 3.72. The fraction of sp³-hybridized carbons (Fsp3) is 0.174. The number of fused-ring (bicyclic) bond motifs is 1. The molecular formula is C23H20FNO2. The van der Waals surface area contributed by atoms with Crippen LogP contribution in [-0.4, -0.2) is 24.5 Å². The van der Waals surface area contributed by atoms with Crippen molar-refractivity contribution in [1.82, 2.24) is 4.90 Å². The highest BCUT2D eigenvalue weighted by Crippen LogP contribution is 2.36. The normalized spacial score (nSPS) is 15.9. The summed E-state index contributed by atoms with van der Waals surface area (Å²) in [7, 11) is 1.63.